The smallest absolute Gasteiger partial charge is 0.410 e. The molecule has 3 rings (SSSR count). The average Bonchev–Trinajstić information content (AvgIpc) is 2.75. The Morgan fingerprint density at radius 3 is 2.52 bits per heavy atom. The number of benzene rings is 1. The molecule has 2 amide bonds. The first-order valence-electron chi connectivity index (χ1n) is 8.68. The van der Waals surface area contributed by atoms with Crippen molar-refractivity contribution in [1.82, 2.24) is 9.21 Å². The lowest BCUT2D eigenvalue weighted by atomic mass is 10.0. The van der Waals surface area contributed by atoms with Crippen LogP contribution in [0.1, 0.15) is 44.0 Å². The van der Waals surface area contributed by atoms with Crippen molar-refractivity contribution in [3.8, 4) is 0 Å². The molecule has 0 bridgehead atoms. The molecule has 27 heavy (non-hydrogen) atoms. The van der Waals surface area contributed by atoms with Crippen molar-refractivity contribution in [3.63, 3.8) is 0 Å². The van der Waals surface area contributed by atoms with E-state index in [2.05, 4.69) is 0 Å². The molecule has 2 aliphatic rings. The number of hydrogen-bond donors (Lipinski definition) is 0. The van der Waals surface area contributed by atoms with Crippen LogP contribution < -0.4 is 0 Å². The third-order valence-corrected chi connectivity index (χ3v) is 6.26. The maximum atomic E-state index is 12.7. The highest BCUT2D eigenvalue weighted by Crippen LogP contribution is 2.31. The minimum atomic E-state index is -4.00. The molecule has 1 atom stereocenters. The number of amides is 2. The second kappa shape index (κ2) is 6.63. The molecular weight excluding hydrogens is 372 g/mol. The zero-order valence-corrected chi connectivity index (χ0v) is 16.3. The zero-order valence-electron chi connectivity index (χ0n) is 15.5. The summed E-state index contributed by atoms with van der Waals surface area (Å²) < 4.78 is 31.6. The minimum Gasteiger partial charge on any atom is -0.444 e. The number of likely N-dealkylation sites (tertiary alicyclic amines) is 1. The first-order valence-corrected chi connectivity index (χ1v) is 10.1. The highest BCUT2D eigenvalue weighted by atomic mass is 32.2. The number of piperidine rings is 1. The van der Waals surface area contributed by atoms with E-state index in [9.17, 15) is 22.8 Å². The van der Waals surface area contributed by atoms with Gasteiger partial charge >= 0.3 is 6.09 Å². The third kappa shape index (κ3) is 3.69. The summed E-state index contributed by atoms with van der Waals surface area (Å²) in [5.41, 5.74) is -0.627. The molecule has 9 heteroatoms. The standard InChI is InChI=1S/C18H22N2O6S/c1-18(2,3)26-17(23)19-9-8-13(21)10-12(19)11-20-16(22)14-6-4-5-7-15(14)27(20,24)25/h4-7,12H,8-11H2,1-3H3. The number of carbonyl (C=O) groups is 3. The Bertz CT molecular complexity index is 903. The van der Waals surface area contributed by atoms with Crippen LogP contribution in [0.15, 0.2) is 29.2 Å². The van der Waals surface area contributed by atoms with E-state index in [1.807, 2.05) is 0 Å². The van der Waals surface area contributed by atoms with Crippen LogP contribution in [0, 0.1) is 0 Å². The number of Topliss-reactive ketones (excluding diaryl/α,β-unsaturated/α-hetero) is 1. The predicted molar refractivity (Wildman–Crippen MR) is 95.6 cm³/mol. The second-order valence-corrected chi connectivity index (χ2v) is 9.49. The number of nitrogens with zero attached hydrogens (tertiary/aromatic N) is 2. The Morgan fingerprint density at radius 1 is 1.22 bits per heavy atom. The number of fused-ring (bicyclic) bond motifs is 1. The molecule has 1 unspecified atom stereocenters. The van der Waals surface area contributed by atoms with E-state index in [1.165, 1.54) is 17.0 Å². The van der Waals surface area contributed by atoms with Gasteiger partial charge in [-0.05, 0) is 32.9 Å². The number of ether oxygens (including phenoxy) is 1. The second-order valence-electron chi connectivity index (χ2n) is 7.66. The maximum absolute atomic E-state index is 12.7. The number of hydrogen-bond acceptors (Lipinski definition) is 6. The third-order valence-electron chi connectivity index (χ3n) is 4.45. The molecule has 1 fully saturated rings. The van der Waals surface area contributed by atoms with Crippen molar-refractivity contribution in [1.29, 1.82) is 0 Å². The Morgan fingerprint density at radius 2 is 1.89 bits per heavy atom. The highest BCUT2D eigenvalue weighted by molar-refractivity contribution is 7.90. The molecule has 0 radical (unpaired) electrons. The molecule has 146 valence electrons. The normalized spacial score (nSPS) is 22.0. The molecule has 0 aromatic heterocycles. The van der Waals surface area contributed by atoms with Gasteiger partial charge in [-0.2, -0.15) is 0 Å². The SMILES string of the molecule is CC(C)(C)OC(=O)N1CCC(=O)CC1CN1C(=O)c2ccccc2S1(=O)=O. The molecule has 1 aromatic carbocycles. The van der Waals surface area contributed by atoms with Crippen LogP contribution in [-0.2, 0) is 19.6 Å². The Hall–Kier alpha value is -2.42. The van der Waals surface area contributed by atoms with Crippen molar-refractivity contribution < 1.29 is 27.5 Å². The summed E-state index contributed by atoms with van der Waals surface area (Å²) in [6.07, 6.45) is -0.465. The van der Waals surface area contributed by atoms with E-state index >= 15 is 0 Å². The fourth-order valence-electron chi connectivity index (χ4n) is 3.23. The van der Waals surface area contributed by atoms with Crippen molar-refractivity contribution >= 4 is 27.8 Å². The van der Waals surface area contributed by atoms with Gasteiger partial charge < -0.3 is 9.64 Å². The first kappa shape index (κ1) is 19.3. The topological polar surface area (TPSA) is 101 Å². The van der Waals surface area contributed by atoms with Gasteiger partial charge in [0.2, 0.25) is 0 Å². The molecule has 2 aliphatic heterocycles. The van der Waals surface area contributed by atoms with Crippen LogP contribution in [0.5, 0.6) is 0 Å². The van der Waals surface area contributed by atoms with Gasteiger partial charge in [0.15, 0.2) is 0 Å². The van der Waals surface area contributed by atoms with E-state index in [4.69, 9.17) is 4.74 Å². The summed E-state index contributed by atoms with van der Waals surface area (Å²) >= 11 is 0. The molecule has 1 aromatic rings. The van der Waals surface area contributed by atoms with Crippen LogP contribution in [0.3, 0.4) is 0 Å². The summed E-state index contributed by atoms with van der Waals surface area (Å²) in [6, 6.07) is 5.21. The fourth-order valence-corrected chi connectivity index (χ4v) is 4.84. The van der Waals surface area contributed by atoms with Crippen LogP contribution in [0.25, 0.3) is 0 Å². The molecule has 0 N–H and O–H groups in total. The largest absolute Gasteiger partial charge is 0.444 e. The molecule has 0 aliphatic carbocycles. The van der Waals surface area contributed by atoms with Crippen molar-refractivity contribution in [2.45, 2.75) is 50.2 Å². The van der Waals surface area contributed by atoms with Gasteiger partial charge in [-0.25, -0.2) is 17.5 Å². The van der Waals surface area contributed by atoms with E-state index in [1.54, 1.807) is 32.9 Å². The number of carbonyl (C=O) groups excluding carboxylic acids is 3. The highest BCUT2D eigenvalue weighted by Gasteiger charge is 2.44. The number of sulfonamides is 1. The van der Waals surface area contributed by atoms with Gasteiger partial charge in [0, 0.05) is 19.4 Å². The monoisotopic (exact) mass is 394 g/mol. The van der Waals surface area contributed by atoms with E-state index in [0.717, 1.165) is 4.31 Å². The molecule has 2 heterocycles. The lowest BCUT2D eigenvalue weighted by molar-refractivity contribution is -0.123. The molecule has 0 saturated carbocycles. The van der Waals surface area contributed by atoms with Crippen LogP contribution in [0.2, 0.25) is 0 Å². The minimum absolute atomic E-state index is 0.0190. The van der Waals surface area contributed by atoms with Crippen molar-refractivity contribution in [2.24, 2.45) is 0 Å². The van der Waals surface area contributed by atoms with Crippen LogP contribution >= 0.6 is 0 Å². The maximum Gasteiger partial charge on any atom is 0.410 e. The van der Waals surface area contributed by atoms with Crippen LogP contribution in [-0.4, -0.2) is 60.1 Å². The van der Waals surface area contributed by atoms with Gasteiger partial charge in [-0.3, -0.25) is 9.59 Å². The molecule has 0 spiro atoms. The number of rotatable bonds is 2. The predicted octanol–water partition coefficient (Wildman–Crippen LogP) is 1.80. The average molecular weight is 394 g/mol. The van der Waals surface area contributed by atoms with Gasteiger partial charge in [0.05, 0.1) is 18.2 Å². The summed E-state index contributed by atoms with van der Waals surface area (Å²) in [4.78, 5) is 38.3. The summed E-state index contributed by atoms with van der Waals surface area (Å²) in [6.45, 7) is 5.02. The lowest BCUT2D eigenvalue weighted by Gasteiger charge is -2.37. The summed E-state index contributed by atoms with van der Waals surface area (Å²) in [7, 11) is -4.00. The number of ketones is 1. The van der Waals surface area contributed by atoms with Crippen LogP contribution in [0.4, 0.5) is 4.79 Å². The molecule has 8 nitrogen and oxygen atoms in total. The van der Waals surface area contributed by atoms with Gasteiger partial charge in [0.25, 0.3) is 15.9 Å². The van der Waals surface area contributed by atoms with Gasteiger partial charge in [0.1, 0.15) is 16.3 Å². The Kier molecular flexibility index (Phi) is 4.75. The Balaban J connectivity index is 1.87. The molecule has 1 saturated heterocycles. The van der Waals surface area contributed by atoms with E-state index < -0.39 is 33.7 Å². The first-order chi connectivity index (χ1) is 12.5. The molecular formula is C18H22N2O6S. The van der Waals surface area contributed by atoms with E-state index in [0.29, 0.717) is 0 Å². The zero-order chi connectivity index (χ0) is 20.0. The Labute approximate surface area is 158 Å². The van der Waals surface area contributed by atoms with Gasteiger partial charge in [-0.1, -0.05) is 12.1 Å². The van der Waals surface area contributed by atoms with Crippen molar-refractivity contribution in [3.05, 3.63) is 29.8 Å². The van der Waals surface area contributed by atoms with Gasteiger partial charge in [-0.15, -0.1) is 0 Å². The van der Waals surface area contributed by atoms with E-state index in [-0.39, 0.29) is 42.2 Å². The van der Waals surface area contributed by atoms with Crippen molar-refractivity contribution in [2.75, 3.05) is 13.1 Å². The fraction of sp³-hybridized carbons (Fsp3) is 0.500. The quantitative estimate of drug-likeness (QED) is 0.758. The summed E-state index contributed by atoms with van der Waals surface area (Å²) in [5.74, 6) is -0.728. The lowest BCUT2D eigenvalue weighted by Crippen LogP contribution is -2.53. The summed E-state index contributed by atoms with van der Waals surface area (Å²) in [5, 5.41) is 0.